The van der Waals surface area contributed by atoms with Crippen LogP contribution in [-0.2, 0) is 14.3 Å². The largest absolute Gasteiger partial charge is 0.462 e. The van der Waals surface area contributed by atoms with Crippen molar-refractivity contribution in [3.8, 4) is 0 Å². The van der Waals surface area contributed by atoms with E-state index in [4.69, 9.17) is 4.74 Å². The summed E-state index contributed by atoms with van der Waals surface area (Å²) < 4.78 is 5.89. The van der Waals surface area contributed by atoms with E-state index in [9.17, 15) is 19.8 Å². The van der Waals surface area contributed by atoms with Crippen LogP contribution in [0.25, 0.3) is 0 Å². The number of aliphatic hydroxyl groups is 2. The maximum Gasteiger partial charge on any atom is 0.306 e. The molecule has 3 unspecified atom stereocenters. The van der Waals surface area contributed by atoms with Crippen molar-refractivity contribution >= 4 is 11.9 Å². The highest BCUT2D eigenvalue weighted by Gasteiger charge is 2.24. The number of nitrogens with one attached hydrogen (secondary N) is 1. The van der Waals surface area contributed by atoms with Crippen molar-refractivity contribution in [2.75, 3.05) is 6.61 Å². The number of hydrogen-bond acceptors (Lipinski definition) is 5. The lowest BCUT2D eigenvalue weighted by atomic mass is 10.0. The number of unbranched alkanes of at least 4 members (excludes halogenated alkanes) is 24. The van der Waals surface area contributed by atoms with Gasteiger partial charge in [-0.2, -0.15) is 0 Å². The molecule has 0 aliphatic heterocycles. The van der Waals surface area contributed by atoms with Gasteiger partial charge in [-0.25, -0.2) is 0 Å². The smallest absolute Gasteiger partial charge is 0.306 e. The van der Waals surface area contributed by atoms with Crippen LogP contribution in [-0.4, -0.2) is 46.9 Å². The standard InChI is InChI=1S/C55H99NO5/c1-4-7-10-13-16-19-21-23-25-27-28-30-32-35-37-40-43-46-51(49-54(59)56-52(50-57)53(58)47-44-41-38-34-18-15-12-9-6-3)61-55(60)48-45-42-39-36-33-31-29-26-24-22-20-17-14-11-8-5-2/h8,11,17,20,24,26,31,33,39,42,51-53,57-58H,4-7,9-10,12-16,18-19,21-23,25,27-30,32,34-38,40-41,43-50H2,1-3H3,(H,56,59)/b11-8+,20-17+,26-24+,33-31+,42-39+. The Morgan fingerprint density at radius 1 is 0.492 bits per heavy atom. The number of hydrogen-bond donors (Lipinski definition) is 3. The average Bonchev–Trinajstić information content (AvgIpc) is 3.25. The number of amides is 1. The van der Waals surface area contributed by atoms with Gasteiger partial charge in [0.05, 0.1) is 25.2 Å². The Bertz CT molecular complexity index is 1090. The minimum Gasteiger partial charge on any atom is -0.462 e. The first-order valence-electron chi connectivity index (χ1n) is 26.0. The van der Waals surface area contributed by atoms with Crippen LogP contribution in [0, 0.1) is 0 Å². The van der Waals surface area contributed by atoms with Gasteiger partial charge >= 0.3 is 5.97 Å². The molecule has 3 atom stereocenters. The summed E-state index contributed by atoms with van der Waals surface area (Å²) in [5.74, 6) is -0.567. The monoisotopic (exact) mass is 854 g/mol. The highest BCUT2D eigenvalue weighted by atomic mass is 16.5. The zero-order valence-corrected chi connectivity index (χ0v) is 40.3. The second kappa shape index (κ2) is 48.6. The van der Waals surface area contributed by atoms with E-state index in [1.165, 1.54) is 128 Å². The van der Waals surface area contributed by atoms with E-state index in [2.05, 4.69) is 80.8 Å². The lowest BCUT2D eigenvalue weighted by molar-refractivity contribution is -0.150. The minimum absolute atomic E-state index is 0.0491. The summed E-state index contributed by atoms with van der Waals surface area (Å²) in [7, 11) is 0. The van der Waals surface area contributed by atoms with Crippen molar-refractivity contribution in [2.45, 2.75) is 270 Å². The molecule has 0 rings (SSSR count). The van der Waals surface area contributed by atoms with Crippen LogP contribution in [0.5, 0.6) is 0 Å². The highest BCUT2D eigenvalue weighted by Crippen LogP contribution is 2.18. The Morgan fingerprint density at radius 3 is 1.25 bits per heavy atom. The molecule has 61 heavy (non-hydrogen) atoms. The molecule has 6 nitrogen and oxygen atoms in total. The molecule has 3 N–H and O–H groups in total. The van der Waals surface area contributed by atoms with Gasteiger partial charge in [0.25, 0.3) is 0 Å². The summed E-state index contributed by atoms with van der Waals surface area (Å²) in [6.45, 7) is 6.35. The Morgan fingerprint density at radius 2 is 0.852 bits per heavy atom. The third kappa shape index (κ3) is 44.0. The second-order valence-corrected chi connectivity index (χ2v) is 17.5. The summed E-state index contributed by atoms with van der Waals surface area (Å²) in [6, 6.07) is -0.714. The quantitative estimate of drug-likeness (QED) is 0.0322. The molecule has 0 fully saturated rings. The van der Waals surface area contributed by atoms with E-state index in [-0.39, 0.29) is 31.3 Å². The molecule has 0 aliphatic carbocycles. The van der Waals surface area contributed by atoms with Crippen molar-refractivity contribution in [1.29, 1.82) is 0 Å². The minimum atomic E-state index is -0.798. The zero-order valence-electron chi connectivity index (χ0n) is 40.3. The molecule has 0 bridgehead atoms. The maximum absolute atomic E-state index is 13.2. The summed E-state index contributed by atoms with van der Waals surface area (Å²) in [6.07, 6.45) is 60.1. The van der Waals surface area contributed by atoms with Crippen LogP contribution in [0.1, 0.15) is 252 Å². The van der Waals surface area contributed by atoms with Crippen molar-refractivity contribution in [3.63, 3.8) is 0 Å². The number of carbonyl (C=O) groups excluding carboxylic acids is 2. The van der Waals surface area contributed by atoms with Crippen molar-refractivity contribution in [2.24, 2.45) is 0 Å². The van der Waals surface area contributed by atoms with Gasteiger partial charge in [0.15, 0.2) is 0 Å². The van der Waals surface area contributed by atoms with Crippen molar-refractivity contribution in [1.82, 2.24) is 5.32 Å². The Balaban J connectivity index is 4.66. The van der Waals surface area contributed by atoms with E-state index < -0.39 is 18.2 Å². The number of allylic oxidation sites excluding steroid dienone is 10. The van der Waals surface area contributed by atoms with Gasteiger partial charge in [0, 0.05) is 6.42 Å². The van der Waals surface area contributed by atoms with Crippen LogP contribution >= 0.6 is 0 Å². The van der Waals surface area contributed by atoms with Gasteiger partial charge in [0.1, 0.15) is 6.10 Å². The molecule has 354 valence electrons. The summed E-state index contributed by atoms with van der Waals surface area (Å²) in [5.41, 5.74) is 0. The third-order valence-electron chi connectivity index (χ3n) is 11.6. The van der Waals surface area contributed by atoms with Crippen LogP contribution in [0.15, 0.2) is 60.8 Å². The fourth-order valence-corrected chi connectivity index (χ4v) is 7.72. The molecule has 0 aromatic rings. The van der Waals surface area contributed by atoms with E-state index in [1.54, 1.807) is 0 Å². The number of aliphatic hydroxyl groups excluding tert-OH is 2. The molecule has 0 aliphatic rings. The number of rotatable bonds is 46. The average molecular weight is 854 g/mol. The molecule has 0 saturated heterocycles. The van der Waals surface area contributed by atoms with Crippen molar-refractivity contribution < 1.29 is 24.5 Å². The number of ether oxygens (including phenoxy) is 1. The van der Waals surface area contributed by atoms with Gasteiger partial charge in [-0.3, -0.25) is 9.59 Å². The SMILES string of the molecule is CC/C=C/C/C=C/C/C=C/C/C=C/C/C=C/CCC(=O)OC(CCCCCCCCCCCCCCCCCCC)CC(=O)NC(CO)C(O)CCCCCCCCCCC. The van der Waals surface area contributed by atoms with E-state index in [1.807, 2.05) is 6.08 Å². The Hall–Kier alpha value is -2.44. The summed E-state index contributed by atoms with van der Waals surface area (Å²) in [4.78, 5) is 26.1. The Labute approximate surface area is 378 Å². The van der Waals surface area contributed by atoms with Crippen LogP contribution in [0.4, 0.5) is 0 Å². The molecule has 6 heteroatoms. The first-order valence-corrected chi connectivity index (χ1v) is 26.0. The van der Waals surface area contributed by atoms with Gasteiger partial charge in [-0.15, -0.1) is 0 Å². The van der Waals surface area contributed by atoms with Gasteiger partial charge < -0.3 is 20.3 Å². The zero-order chi connectivity index (χ0) is 44.5. The molecule has 0 heterocycles. The molecule has 0 aromatic carbocycles. The molecular formula is C55H99NO5. The topological polar surface area (TPSA) is 95.9 Å². The van der Waals surface area contributed by atoms with Crippen LogP contribution in [0.2, 0.25) is 0 Å². The predicted molar refractivity (Wildman–Crippen MR) is 264 cm³/mol. The molecule has 0 saturated carbocycles. The fourth-order valence-electron chi connectivity index (χ4n) is 7.72. The lowest BCUT2D eigenvalue weighted by Gasteiger charge is -2.24. The molecule has 0 spiro atoms. The van der Waals surface area contributed by atoms with Crippen LogP contribution < -0.4 is 5.32 Å². The molecular weight excluding hydrogens is 755 g/mol. The first kappa shape index (κ1) is 58.6. The second-order valence-electron chi connectivity index (χ2n) is 17.5. The van der Waals surface area contributed by atoms with Crippen molar-refractivity contribution in [3.05, 3.63) is 60.8 Å². The van der Waals surface area contributed by atoms with E-state index in [0.29, 0.717) is 19.3 Å². The normalized spacial score (nSPS) is 13.7. The van der Waals surface area contributed by atoms with Gasteiger partial charge in [-0.05, 0) is 57.8 Å². The van der Waals surface area contributed by atoms with Gasteiger partial charge in [-0.1, -0.05) is 242 Å². The Kier molecular flexibility index (Phi) is 46.6. The molecule has 0 aromatic heterocycles. The van der Waals surface area contributed by atoms with E-state index in [0.717, 1.165) is 70.6 Å². The highest BCUT2D eigenvalue weighted by molar-refractivity contribution is 5.77. The molecule has 1 amide bonds. The summed E-state index contributed by atoms with van der Waals surface area (Å²) >= 11 is 0. The predicted octanol–water partition coefficient (Wildman–Crippen LogP) is 15.6. The number of carbonyl (C=O) groups is 2. The maximum atomic E-state index is 13.2. The third-order valence-corrected chi connectivity index (χ3v) is 11.6. The first-order chi connectivity index (χ1) is 30.0. The lowest BCUT2D eigenvalue weighted by Crippen LogP contribution is -2.46. The van der Waals surface area contributed by atoms with Crippen LogP contribution in [0.3, 0.4) is 0 Å². The van der Waals surface area contributed by atoms with E-state index >= 15 is 0 Å². The summed E-state index contributed by atoms with van der Waals surface area (Å²) in [5, 5.41) is 23.7. The van der Waals surface area contributed by atoms with Gasteiger partial charge in [0.2, 0.25) is 5.91 Å². The fraction of sp³-hybridized carbons (Fsp3) is 0.782. The molecule has 0 radical (unpaired) electrons. The number of esters is 1.